The van der Waals surface area contributed by atoms with Crippen molar-refractivity contribution in [3.63, 3.8) is 0 Å². The highest BCUT2D eigenvalue weighted by atomic mass is 28.4. The molecule has 1 amide bonds. The molecule has 1 aliphatic rings. The van der Waals surface area contributed by atoms with Gasteiger partial charge in [0.1, 0.15) is 5.54 Å². The average molecular weight is 330 g/mol. The lowest BCUT2D eigenvalue weighted by molar-refractivity contribution is -0.144. The first-order chi connectivity index (χ1) is 10.0. The maximum atomic E-state index is 12.9. The van der Waals surface area contributed by atoms with Crippen LogP contribution in [0.5, 0.6) is 0 Å². The SMILES string of the molecule is CCOC(=O)NC1(C(=O)O[Si](C)(C)C(C)(C)C)CCCCC1. The summed E-state index contributed by atoms with van der Waals surface area (Å²) in [6.45, 7) is 12.4. The summed E-state index contributed by atoms with van der Waals surface area (Å²) in [5, 5.41) is 2.74. The first kappa shape index (κ1) is 19.0. The first-order valence-corrected chi connectivity index (χ1v) is 11.1. The van der Waals surface area contributed by atoms with Crippen LogP contribution >= 0.6 is 0 Å². The van der Waals surface area contributed by atoms with E-state index in [-0.39, 0.29) is 11.0 Å². The van der Waals surface area contributed by atoms with Crippen molar-refractivity contribution in [1.29, 1.82) is 0 Å². The summed E-state index contributed by atoms with van der Waals surface area (Å²) < 4.78 is 10.9. The molecule has 1 saturated carbocycles. The minimum atomic E-state index is -2.21. The number of nitrogens with one attached hydrogen (secondary N) is 1. The quantitative estimate of drug-likeness (QED) is 0.792. The van der Waals surface area contributed by atoms with Gasteiger partial charge < -0.3 is 14.5 Å². The molecule has 5 nitrogen and oxygen atoms in total. The molecule has 1 aliphatic carbocycles. The van der Waals surface area contributed by atoms with E-state index >= 15 is 0 Å². The lowest BCUT2D eigenvalue weighted by Gasteiger charge is -2.41. The van der Waals surface area contributed by atoms with E-state index in [0.29, 0.717) is 19.4 Å². The van der Waals surface area contributed by atoms with Crippen LogP contribution in [0.2, 0.25) is 18.1 Å². The van der Waals surface area contributed by atoms with Gasteiger partial charge in [-0.25, -0.2) is 4.79 Å². The lowest BCUT2D eigenvalue weighted by atomic mass is 9.82. The molecule has 22 heavy (non-hydrogen) atoms. The van der Waals surface area contributed by atoms with Crippen molar-refractivity contribution in [3.05, 3.63) is 0 Å². The van der Waals surface area contributed by atoms with Gasteiger partial charge in [0.2, 0.25) is 0 Å². The van der Waals surface area contributed by atoms with Crippen molar-refractivity contribution < 1.29 is 18.8 Å². The van der Waals surface area contributed by atoms with E-state index in [1.54, 1.807) is 6.92 Å². The second-order valence-corrected chi connectivity index (χ2v) is 12.4. The Balaban J connectivity index is 2.92. The second kappa shape index (κ2) is 7.02. The van der Waals surface area contributed by atoms with Crippen LogP contribution in [0.15, 0.2) is 0 Å². The zero-order valence-corrected chi connectivity index (χ0v) is 15.9. The Morgan fingerprint density at radius 2 is 1.68 bits per heavy atom. The number of alkyl carbamates (subject to hydrolysis) is 1. The molecule has 1 N–H and O–H groups in total. The maximum Gasteiger partial charge on any atom is 0.408 e. The van der Waals surface area contributed by atoms with E-state index < -0.39 is 19.9 Å². The molecule has 128 valence electrons. The number of rotatable bonds is 4. The van der Waals surface area contributed by atoms with Crippen LogP contribution in [0.1, 0.15) is 59.8 Å². The molecule has 0 bridgehead atoms. The molecule has 1 fully saturated rings. The summed E-state index contributed by atoms with van der Waals surface area (Å²) in [7, 11) is -2.21. The number of hydrogen-bond donors (Lipinski definition) is 1. The standard InChI is InChI=1S/C16H31NO4Si/c1-7-20-14(19)17-16(11-9-8-10-12-16)13(18)21-22(5,6)15(2,3)4/h7-12H2,1-6H3,(H,17,19). The van der Waals surface area contributed by atoms with Gasteiger partial charge in [-0.1, -0.05) is 40.0 Å². The largest absolute Gasteiger partial charge is 0.517 e. The third kappa shape index (κ3) is 4.48. The molecule has 0 heterocycles. The molecule has 0 radical (unpaired) electrons. The molecule has 0 unspecified atom stereocenters. The van der Waals surface area contributed by atoms with Gasteiger partial charge in [0.05, 0.1) is 6.61 Å². The van der Waals surface area contributed by atoms with E-state index in [9.17, 15) is 9.59 Å². The van der Waals surface area contributed by atoms with Crippen molar-refractivity contribution in [2.75, 3.05) is 6.61 Å². The minimum absolute atomic E-state index is 0.0531. The van der Waals surface area contributed by atoms with Crippen molar-refractivity contribution >= 4 is 20.4 Å². The summed E-state index contributed by atoms with van der Waals surface area (Å²) in [5.74, 6) is -0.285. The molecule has 0 aromatic rings. The fourth-order valence-corrected chi connectivity index (χ4v) is 3.35. The van der Waals surface area contributed by atoms with Gasteiger partial charge in [0, 0.05) is 0 Å². The fourth-order valence-electron chi connectivity index (χ4n) is 2.38. The second-order valence-electron chi connectivity index (χ2n) is 7.64. The number of ether oxygens (including phenoxy) is 1. The average Bonchev–Trinajstić information content (AvgIpc) is 2.38. The third-order valence-corrected chi connectivity index (χ3v) is 9.18. The molecule has 0 aliphatic heterocycles. The van der Waals surface area contributed by atoms with Crippen LogP contribution in [-0.2, 0) is 14.0 Å². The topological polar surface area (TPSA) is 64.6 Å². The molecular formula is C16H31NO4Si. The number of hydrogen-bond acceptors (Lipinski definition) is 4. The highest BCUT2D eigenvalue weighted by Gasteiger charge is 2.48. The molecule has 0 aromatic heterocycles. The van der Waals surface area contributed by atoms with Gasteiger partial charge in [-0.3, -0.25) is 4.79 Å². The van der Waals surface area contributed by atoms with Crippen LogP contribution in [0, 0.1) is 0 Å². The highest BCUT2D eigenvalue weighted by Crippen LogP contribution is 2.39. The molecule has 0 aromatic carbocycles. The van der Waals surface area contributed by atoms with Crippen molar-refractivity contribution in [2.24, 2.45) is 0 Å². The van der Waals surface area contributed by atoms with E-state index in [4.69, 9.17) is 9.16 Å². The highest BCUT2D eigenvalue weighted by molar-refractivity contribution is 6.75. The predicted octanol–water partition coefficient (Wildman–Crippen LogP) is 3.98. The predicted molar refractivity (Wildman–Crippen MR) is 89.3 cm³/mol. The van der Waals surface area contributed by atoms with E-state index in [2.05, 4.69) is 26.1 Å². The van der Waals surface area contributed by atoms with E-state index in [1.807, 2.05) is 13.1 Å². The van der Waals surface area contributed by atoms with Gasteiger partial charge in [-0.15, -0.1) is 0 Å². The van der Waals surface area contributed by atoms with Crippen LogP contribution in [0.3, 0.4) is 0 Å². The summed E-state index contributed by atoms with van der Waals surface area (Å²) in [6.07, 6.45) is 3.63. The molecule has 6 heteroatoms. The van der Waals surface area contributed by atoms with Gasteiger partial charge >= 0.3 is 12.1 Å². The summed E-state index contributed by atoms with van der Waals surface area (Å²) >= 11 is 0. The van der Waals surface area contributed by atoms with Gasteiger partial charge in [0.15, 0.2) is 0 Å². The van der Waals surface area contributed by atoms with Crippen LogP contribution in [-0.4, -0.2) is 32.5 Å². The maximum absolute atomic E-state index is 12.9. The Kier molecular flexibility index (Phi) is 6.07. The van der Waals surface area contributed by atoms with Gasteiger partial charge in [-0.2, -0.15) is 0 Å². The third-order valence-electron chi connectivity index (χ3n) is 4.87. The van der Waals surface area contributed by atoms with Crippen molar-refractivity contribution in [3.8, 4) is 0 Å². The van der Waals surface area contributed by atoms with Crippen LogP contribution in [0.4, 0.5) is 4.79 Å². The fraction of sp³-hybridized carbons (Fsp3) is 0.875. The molecule has 1 rings (SSSR count). The van der Waals surface area contributed by atoms with Crippen molar-refractivity contribution in [1.82, 2.24) is 5.32 Å². The Hall–Kier alpha value is -1.04. The Labute approximate surface area is 135 Å². The number of amides is 1. The molecule has 0 atom stereocenters. The zero-order valence-electron chi connectivity index (χ0n) is 14.9. The van der Waals surface area contributed by atoms with E-state index in [1.165, 1.54) is 0 Å². The van der Waals surface area contributed by atoms with Gasteiger partial charge in [-0.05, 0) is 37.9 Å². The summed E-state index contributed by atoms with van der Waals surface area (Å²) in [4.78, 5) is 24.7. The summed E-state index contributed by atoms with van der Waals surface area (Å²) in [6, 6.07) is 0. The first-order valence-electron chi connectivity index (χ1n) is 8.22. The Morgan fingerprint density at radius 3 is 2.14 bits per heavy atom. The molecular weight excluding hydrogens is 298 g/mol. The Bertz CT molecular complexity index is 409. The van der Waals surface area contributed by atoms with Gasteiger partial charge in [0.25, 0.3) is 8.32 Å². The monoisotopic (exact) mass is 329 g/mol. The van der Waals surface area contributed by atoms with Crippen LogP contribution in [0.25, 0.3) is 0 Å². The minimum Gasteiger partial charge on any atom is -0.517 e. The normalized spacial score (nSPS) is 18.5. The lowest BCUT2D eigenvalue weighted by Crippen LogP contribution is -2.59. The van der Waals surface area contributed by atoms with Crippen molar-refractivity contribution in [2.45, 2.75) is 83.5 Å². The molecule has 0 saturated heterocycles. The smallest absolute Gasteiger partial charge is 0.408 e. The number of carbonyl (C=O) groups excluding carboxylic acids is 2. The van der Waals surface area contributed by atoms with E-state index in [0.717, 1.165) is 19.3 Å². The Morgan fingerprint density at radius 1 is 1.14 bits per heavy atom. The number of carbonyl (C=O) groups is 2. The zero-order chi connectivity index (χ0) is 17.0. The molecule has 0 spiro atoms. The summed E-state index contributed by atoms with van der Waals surface area (Å²) in [5.41, 5.74) is -0.917. The van der Waals surface area contributed by atoms with Crippen LogP contribution < -0.4 is 5.32 Å².